The maximum atomic E-state index is 5.27. The molecule has 4 heterocycles. The van der Waals surface area contributed by atoms with E-state index in [1.165, 1.54) is 11.9 Å². The maximum Gasteiger partial charge on any atom is 0.235 e. The van der Waals surface area contributed by atoms with Crippen molar-refractivity contribution in [2.45, 2.75) is 38.5 Å². The highest BCUT2D eigenvalue weighted by Crippen LogP contribution is 2.30. The molecule has 166 valence electrons. The predicted molar refractivity (Wildman–Crippen MR) is 121 cm³/mol. The van der Waals surface area contributed by atoms with E-state index in [9.17, 15) is 0 Å². The number of ether oxygens (including phenoxy) is 1. The molecular formula is C21H24N8O2S. The van der Waals surface area contributed by atoms with Crippen LogP contribution in [0.5, 0.6) is 5.88 Å². The molecule has 0 spiro atoms. The SMILES string of the molecule is COc1cccc(-c2nnc(NSC(C)Cc3ncc(C)cn3)n2C(C)c2ccon2)n1. The fourth-order valence-electron chi connectivity index (χ4n) is 3.10. The molecule has 4 aromatic heterocycles. The summed E-state index contributed by atoms with van der Waals surface area (Å²) in [5, 5.41) is 13.1. The summed E-state index contributed by atoms with van der Waals surface area (Å²) in [5.74, 6) is 2.48. The summed E-state index contributed by atoms with van der Waals surface area (Å²) in [4.78, 5) is 13.3. The molecule has 32 heavy (non-hydrogen) atoms. The van der Waals surface area contributed by atoms with Crippen LogP contribution in [0.1, 0.15) is 37.0 Å². The van der Waals surface area contributed by atoms with Crippen LogP contribution in [0.15, 0.2) is 47.4 Å². The van der Waals surface area contributed by atoms with Gasteiger partial charge < -0.3 is 9.26 Å². The summed E-state index contributed by atoms with van der Waals surface area (Å²) in [5.41, 5.74) is 2.44. The lowest BCUT2D eigenvalue weighted by Crippen LogP contribution is -2.14. The Morgan fingerprint density at radius 1 is 1.16 bits per heavy atom. The molecule has 4 aromatic rings. The minimum atomic E-state index is -0.189. The van der Waals surface area contributed by atoms with Crippen molar-refractivity contribution in [3.05, 3.63) is 60.0 Å². The Morgan fingerprint density at radius 3 is 2.69 bits per heavy atom. The summed E-state index contributed by atoms with van der Waals surface area (Å²) >= 11 is 1.53. The first-order valence-electron chi connectivity index (χ1n) is 10.1. The maximum absolute atomic E-state index is 5.27. The molecule has 10 nitrogen and oxygen atoms in total. The van der Waals surface area contributed by atoms with Gasteiger partial charge in [-0.1, -0.05) is 18.1 Å². The van der Waals surface area contributed by atoms with Crippen molar-refractivity contribution in [1.82, 2.24) is 34.9 Å². The van der Waals surface area contributed by atoms with Crippen molar-refractivity contribution < 1.29 is 9.26 Å². The molecule has 0 aliphatic rings. The van der Waals surface area contributed by atoms with Crippen LogP contribution < -0.4 is 9.46 Å². The van der Waals surface area contributed by atoms with Gasteiger partial charge in [-0.15, -0.1) is 10.2 Å². The Hall–Kier alpha value is -3.47. The Balaban J connectivity index is 1.58. The molecule has 0 bridgehead atoms. The van der Waals surface area contributed by atoms with Gasteiger partial charge in [0.25, 0.3) is 0 Å². The van der Waals surface area contributed by atoms with E-state index in [1.807, 2.05) is 49.0 Å². The third-order valence-electron chi connectivity index (χ3n) is 4.79. The van der Waals surface area contributed by atoms with Crippen LogP contribution in [0, 0.1) is 6.92 Å². The molecule has 0 aromatic carbocycles. The summed E-state index contributed by atoms with van der Waals surface area (Å²) < 4.78 is 15.6. The van der Waals surface area contributed by atoms with Crippen molar-refractivity contribution in [3.8, 4) is 17.4 Å². The summed E-state index contributed by atoms with van der Waals surface area (Å²) in [7, 11) is 1.58. The molecular weight excluding hydrogens is 428 g/mol. The van der Waals surface area contributed by atoms with Crippen LogP contribution in [0.2, 0.25) is 0 Å². The third kappa shape index (κ3) is 4.88. The fourth-order valence-corrected chi connectivity index (χ4v) is 3.78. The van der Waals surface area contributed by atoms with Gasteiger partial charge in [-0.25, -0.2) is 15.0 Å². The van der Waals surface area contributed by atoms with E-state index in [4.69, 9.17) is 9.26 Å². The lowest BCUT2D eigenvalue weighted by Gasteiger charge is -2.17. The van der Waals surface area contributed by atoms with Gasteiger partial charge in [0.15, 0.2) is 5.82 Å². The van der Waals surface area contributed by atoms with E-state index in [0.29, 0.717) is 23.3 Å². The largest absolute Gasteiger partial charge is 0.481 e. The normalized spacial score (nSPS) is 13.0. The molecule has 0 amide bonds. The second-order valence-electron chi connectivity index (χ2n) is 7.29. The number of nitrogens with one attached hydrogen (secondary N) is 1. The lowest BCUT2D eigenvalue weighted by atomic mass is 10.2. The number of pyridine rings is 1. The second kappa shape index (κ2) is 9.77. The number of anilines is 1. The molecule has 0 saturated carbocycles. The van der Waals surface area contributed by atoms with Crippen LogP contribution >= 0.6 is 11.9 Å². The highest BCUT2D eigenvalue weighted by Gasteiger charge is 2.23. The van der Waals surface area contributed by atoms with Crippen LogP contribution in [-0.4, -0.2) is 47.2 Å². The number of aromatic nitrogens is 7. The van der Waals surface area contributed by atoms with Gasteiger partial charge in [-0.05, 0) is 37.4 Å². The van der Waals surface area contributed by atoms with Crippen molar-refractivity contribution >= 4 is 17.9 Å². The topological polar surface area (TPSA) is 117 Å². The Kier molecular flexibility index (Phi) is 6.64. The standard InChI is InChI=1S/C21H24N8O2S/c1-13-11-22-18(23-12-13)10-14(2)32-28-21-26-25-20(17-6-5-7-19(24-17)30-4)29(21)15(3)16-8-9-31-27-16/h5-9,11-12,14-15H,10H2,1-4H3,(H,26,28). The highest BCUT2D eigenvalue weighted by atomic mass is 32.2. The van der Waals surface area contributed by atoms with Crippen LogP contribution in [-0.2, 0) is 6.42 Å². The van der Waals surface area contributed by atoms with Gasteiger partial charge in [0.05, 0.1) is 13.2 Å². The molecule has 1 N–H and O–H groups in total. The van der Waals surface area contributed by atoms with Gasteiger partial charge in [-0.2, -0.15) is 0 Å². The zero-order valence-electron chi connectivity index (χ0n) is 18.3. The summed E-state index contributed by atoms with van der Waals surface area (Å²) in [6.07, 6.45) is 5.92. The molecule has 0 fully saturated rings. The lowest BCUT2D eigenvalue weighted by molar-refractivity contribution is 0.397. The monoisotopic (exact) mass is 452 g/mol. The van der Waals surface area contributed by atoms with E-state index >= 15 is 0 Å². The number of methoxy groups -OCH3 is 1. The molecule has 11 heteroatoms. The van der Waals surface area contributed by atoms with Crippen molar-refractivity contribution in [2.75, 3.05) is 11.8 Å². The van der Waals surface area contributed by atoms with Gasteiger partial charge >= 0.3 is 0 Å². The molecule has 0 saturated heterocycles. The average Bonchev–Trinajstić information content (AvgIpc) is 3.49. The zero-order chi connectivity index (χ0) is 22.5. The van der Waals surface area contributed by atoms with E-state index in [0.717, 1.165) is 23.5 Å². The summed E-state index contributed by atoms with van der Waals surface area (Å²) in [6, 6.07) is 7.15. The first-order chi connectivity index (χ1) is 15.5. The van der Waals surface area contributed by atoms with Crippen molar-refractivity contribution in [3.63, 3.8) is 0 Å². The Morgan fingerprint density at radius 2 is 1.97 bits per heavy atom. The molecule has 2 atom stereocenters. The number of nitrogens with zero attached hydrogens (tertiary/aromatic N) is 7. The number of aryl methyl sites for hydroxylation is 1. The predicted octanol–water partition coefficient (Wildman–Crippen LogP) is 3.74. The van der Waals surface area contributed by atoms with Crippen molar-refractivity contribution in [2.24, 2.45) is 0 Å². The summed E-state index contributed by atoms with van der Waals surface area (Å²) in [6.45, 7) is 6.08. The number of rotatable bonds is 9. The van der Waals surface area contributed by atoms with E-state index < -0.39 is 0 Å². The van der Waals surface area contributed by atoms with E-state index in [2.05, 4.69) is 42.0 Å². The van der Waals surface area contributed by atoms with Gasteiger partial charge in [0.1, 0.15) is 23.5 Å². The van der Waals surface area contributed by atoms with Crippen LogP contribution in [0.4, 0.5) is 5.95 Å². The highest BCUT2D eigenvalue weighted by molar-refractivity contribution is 8.01. The first kappa shape index (κ1) is 21.8. The third-order valence-corrected chi connectivity index (χ3v) is 5.66. The van der Waals surface area contributed by atoms with Gasteiger partial charge in [-0.3, -0.25) is 9.29 Å². The Bertz CT molecular complexity index is 1150. The quantitative estimate of drug-likeness (QED) is 0.376. The average molecular weight is 453 g/mol. The molecule has 2 unspecified atom stereocenters. The van der Waals surface area contributed by atoms with Crippen LogP contribution in [0.3, 0.4) is 0 Å². The molecule has 4 rings (SSSR count). The first-order valence-corrected chi connectivity index (χ1v) is 11.0. The fraction of sp³-hybridized carbons (Fsp3) is 0.333. The smallest absolute Gasteiger partial charge is 0.235 e. The minimum Gasteiger partial charge on any atom is -0.481 e. The minimum absolute atomic E-state index is 0.189. The second-order valence-corrected chi connectivity index (χ2v) is 8.54. The van der Waals surface area contributed by atoms with Gasteiger partial charge in [0.2, 0.25) is 11.8 Å². The molecule has 0 radical (unpaired) electrons. The molecule has 0 aliphatic heterocycles. The number of hydrogen-bond acceptors (Lipinski definition) is 10. The Labute approximate surface area is 190 Å². The van der Waals surface area contributed by atoms with Crippen molar-refractivity contribution in [1.29, 1.82) is 0 Å². The van der Waals surface area contributed by atoms with Gasteiger partial charge in [0, 0.05) is 36.2 Å². The number of hydrogen-bond donors (Lipinski definition) is 1. The van der Waals surface area contributed by atoms with E-state index in [1.54, 1.807) is 19.4 Å². The molecule has 0 aliphatic carbocycles. The van der Waals surface area contributed by atoms with E-state index in [-0.39, 0.29) is 11.3 Å². The van der Waals surface area contributed by atoms with Crippen LogP contribution in [0.25, 0.3) is 11.5 Å². The zero-order valence-corrected chi connectivity index (χ0v) is 19.1.